The van der Waals surface area contributed by atoms with Crippen LogP contribution in [-0.2, 0) is 19.6 Å². The van der Waals surface area contributed by atoms with Gasteiger partial charge in [0.2, 0.25) is 21.8 Å². The van der Waals surface area contributed by atoms with Gasteiger partial charge in [-0.1, -0.05) is 50.3 Å². The Kier molecular flexibility index (Phi) is 7.91. The second-order valence-corrected chi connectivity index (χ2v) is 12.7. The van der Waals surface area contributed by atoms with Crippen LogP contribution >= 0.6 is 11.3 Å². The normalized spacial score (nSPS) is 18.4. The van der Waals surface area contributed by atoms with E-state index in [0.29, 0.717) is 23.2 Å². The third-order valence-electron chi connectivity index (χ3n) is 7.43. The molecule has 3 heterocycles. The van der Waals surface area contributed by atoms with Crippen molar-refractivity contribution in [2.24, 2.45) is 5.92 Å². The summed E-state index contributed by atoms with van der Waals surface area (Å²) in [5.41, 5.74) is 1.23. The number of rotatable bonds is 8. The molecule has 1 atom stereocenters. The standard InChI is InChI=1S/C26H32N6O4S2/c1-19-23(17-28-32(19)21-10-6-3-7-11-21)38(35,36)30-13-14-31(24(33)18-30)22(16-20-8-4-2-5-9-20)25(34)29-26-27-12-15-37-26/h3,6-7,10-12,15,17,20,22H,2,4-5,8-9,13-14,16,18H2,1H3,(H,27,29,34)/t22-/m0/s1. The Hall–Kier alpha value is -3.09. The van der Waals surface area contributed by atoms with Crippen molar-refractivity contribution in [1.29, 1.82) is 0 Å². The topological polar surface area (TPSA) is 118 Å². The number of amides is 2. The summed E-state index contributed by atoms with van der Waals surface area (Å²) in [6.45, 7) is 1.64. The molecule has 1 aliphatic heterocycles. The first kappa shape index (κ1) is 26.5. The minimum Gasteiger partial charge on any atom is -0.328 e. The first-order valence-electron chi connectivity index (χ1n) is 12.9. The molecule has 0 unspecified atom stereocenters. The summed E-state index contributed by atoms with van der Waals surface area (Å²) in [5.74, 6) is -0.282. The van der Waals surface area contributed by atoms with Crippen LogP contribution in [0.5, 0.6) is 0 Å². The van der Waals surface area contributed by atoms with E-state index in [-0.39, 0.29) is 36.3 Å². The van der Waals surface area contributed by atoms with Crippen LogP contribution in [0.3, 0.4) is 0 Å². The lowest BCUT2D eigenvalue weighted by Crippen LogP contribution is -2.58. The molecule has 0 spiro atoms. The maximum atomic E-state index is 13.6. The number of hydrogen-bond donors (Lipinski definition) is 1. The van der Waals surface area contributed by atoms with Crippen molar-refractivity contribution < 1.29 is 18.0 Å². The smallest absolute Gasteiger partial charge is 0.248 e. The Morgan fingerprint density at radius 2 is 1.92 bits per heavy atom. The number of thiazole rings is 1. The number of anilines is 1. The Bertz CT molecular complexity index is 1370. The first-order valence-corrected chi connectivity index (χ1v) is 15.3. The van der Waals surface area contributed by atoms with Crippen LogP contribution in [0.4, 0.5) is 5.13 Å². The van der Waals surface area contributed by atoms with E-state index < -0.39 is 16.1 Å². The lowest BCUT2D eigenvalue weighted by Gasteiger charge is -2.39. The molecule has 1 N–H and O–H groups in total. The molecule has 1 aromatic carbocycles. The molecule has 0 radical (unpaired) electrons. The van der Waals surface area contributed by atoms with Gasteiger partial charge >= 0.3 is 0 Å². The number of aromatic nitrogens is 3. The van der Waals surface area contributed by atoms with Crippen molar-refractivity contribution in [2.75, 3.05) is 25.0 Å². The van der Waals surface area contributed by atoms with Gasteiger partial charge in [-0.15, -0.1) is 11.3 Å². The van der Waals surface area contributed by atoms with Crippen LogP contribution in [0, 0.1) is 12.8 Å². The highest BCUT2D eigenvalue weighted by atomic mass is 32.2. The fraction of sp³-hybridized carbons (Fsp3) is 0.462. The van der Waals surface area contributed by atoms with Crippen LogP contribution in [0.25, 0.3) is 5.69 Å². The van der Waals surface area contributed by atoms with Gasteiger partial charge in [0.1, 0.15) is 10.9 Å². The van der Waals surface area contributed by atoms with Gasteiger partial charge in [-0.05, 0) is 31.4 Å². The van der Waals surface area contributed by atoms with E-state index >= 15 is 0 Å². The molecule has 0 bridgehead atoms. The SMILES string of the molecule is Cc1c(S(=O)(=O)N2CCN([C@@H](CC3CCCCC3)C(=O)Nc3nccs3)C(=O)C2)cnn1-c1ccccc1. The van der Waals surface area contributed by atoms with Crippen LogP contribution in [0.1, 0.15) is 44.2 Å². The zero-order valence-electron chi connectivity index (χ0n) is 21.3. The van der Waals surface area contributed by atoms with Crippen LogP contribution in [0.15, 0.2) is 53.0 Å². The summed E-state index contributed by atoms with van der Waals surface area (Å²) in [5, 5.41) is 9.41. The van der Waals surface area contributed by atoms with Gasteiger partial charge in [0, 0.05) is 24.7 Å². The van der Waals surface area contributed by atoms with Crippen molar-refractivity contribution in [3.8, 4) is 5.69 Å². The maximum absolute atomic E-state index is 13.6. The number of para-hydroxylation sites is 1. The van der Waals surface area contributed by atoms with Crippen molar-refractivity contribution in [2.45, 2.75) is 56.4 Å². The maximum Gasteiger partial charge on any atom is 0.248 e. The van der Waals surface area contributed by atoms with E-state index in [1.165, 1.54) is 28.3 Å². The van der Waals surface area contributed by atoms with E-state index in [4.69, 9.17) is 0 Å². The minimum absolute atomic E-state index is 0.0721. The zero-order chi connectivity index (χ0) is 26.7. The summed E-state index contributed by atoms with van der Waals surface area (Å²) >= 11 is 1.32. The molecular formula is C26H32N6O4S2. The molecule has 38 heavy (non-hydrogen) atoms. The molecule has 2 aliphatic rings. The summed E-state index contributed by atoms with van der Waals surface area (Å²) < 4.78 is 29.9. The number of benzene rings is 1. The Balaban J connectivity index is 1.33. The summed E-state index contributed by atoms with van der Waals surface area (Å²) in [7, 11) is -3.96. The van der Waals surface area contributed by atoms with Gasteiger partial charge in [-0.3, -0.25) is 9.59 Å². The van der Waals surface area contributed by atoms with E-state index in [2.05, 4.69) is 15.4 Å². The van der Waals surface area contributed by atoms with E-state index in [1.807, 2.05) is 30.3 Å². The first-order chi connectivity index (χ1) is 18.3. The Labute approximate surface area is 226 Å². The number of carbonyl (C=O) groups is 2. The van der Waals surface area contributed by atoms with Crippen LogP contribution in [0.2, 0.25) is 0 Å². The summed E-state index contributed by atoms with van der Waals surface area (Å²) in [4.78, 5) is 32.5. The molecular weight excluding hydrogens is 524 g/mol. The molecule has 2 amide bonds. The zero-order valence-corrected chi connectivity index (χ0v) is 23.0. The molecule has 3 aromatic rings. The third-order valence-corrected chi connectivity index (χ3v) is 10.1. The average Bonchev–Trinajstić information content (AvgIpc) is 3.58. The Morgan fingerprint density at radius 3 is 2.61 bits per heavy atom. The number of carbonyl (C=O) groups excluding carboxylic acids is 2. The third kappa shape index (κ3) is 5.52. The lowest BCUT2D eigenvalue weighted by molar-refractivity contribution is -0.142. The predicted molar refractivity (Wildman–Crippen MR) is 144 cm³/mol. The quantitative estimate of drug-likeness (QED) is 0.454. The van der Waals surface area contributed by atoms with Gasteiger partial charge in [-0.25, -0.2) is 18.1 Å². The average molecular weight is 557 g/mol. The molecule has 2 aromatic heterocycles. The minimum atomic E-state index is -3.96. The van der Waals surface area contributed by atoms with Crippen LogP contribution in [-0.4, -0.2) is 69.9 Å². The van der Waals surface area contributed by atoms with Crippen molar-refractivity contribution >= 4 is 38.3 Å². The van der Waals surface area contributed by atoms with Crippen LogP contribution < -0.4 is 5.32 Å². The number of nitrogens with one attached hydrogen (secondary N) is 1. The highest BCUT2D eigenvalue weighted by molar-refractivity contribution is 7.89. The molecule has 202 valence electrons. The summed E-state index contributed by atoms with van der Waals surface area (Å²) in [6, 6.07) is 8.63. The number of piperazine rings is 1. The van der Waals surface area contributed by atoms with E-state index in [0.717, 1.165) is 31.4 Å². The second-order valence-electron chi connectivity index (χ2n) is 9.85. The molecule has 1 aliphatic carbocycles. The number of hydrogen-bond acceptors (Lipinski definition) is 7. The number of sulfonamides is 1. The highest BCUT2D eigenvalue weighted by Gasteiger charge is 2.40. The van der Waals surface area contributed by atoms with Crippen molar-refractivity contribution in [1.82, 2.24) is 24.0 Å². The molecule has 2 fully saturated rings. The predicted octanol–water partition coefficient (Wildman–Crippen LogP) is 3.45. The fourth-order valence-corrected chi connectivity index (χ4v) is 7.46. The second kappa shape index (κ2) is 11.3. The largest absolute Gasteiger partial charge is 0.328 e. The van der Waals surface area contributed by atoms with Crippen molar-refractivity contribution in [3.63, 3.8) is 0 Å². The molecule has 12 heteroatoms. The lowest BCUT2D eigenvalue weighted by atomic mass is 9.84. The monoisotopic (exact) mass is 556 g/mol. The van der Waals surface area contributed by atoms with Crippen molar-refractivity contribution in [3.05, 3.63) is 53.8 Å². The molecule has 10 nitrogen and oxygen atoms in total. The number of nitrogens with zero attached hydrogens (tertiary/aromatic N) is 5. The Morgan fingerprint density at radius 1 is 1.16 bits per heavy atom. The van der Waals surface area contributed by atoms with E-state index in [1.54, 1.807) is 28.1 Å². The van der Waals surface area contributed by atoms with Gasteiger partial charge in [0.05, 0.1) is 24.1 Å². The van der Waals surface area contributed by atoms with Gasteiger partial charge < -0.3 is 10.2 Å². The summed E-state index contributed by atoms with van der Waals surface area (Å²) in [6.07, 6.45) is 9.04. The fourth-order valence-electron chi connectivity index (χ4n) is 5.40. The highest BCUT2D eigenvalue weighted by Crippen LogP contribution is 2.30. The van der Waals surface area contributed by atoms with E-state index in [9.17, 15) is 18.0 Å². The molecule has 5 rings (SSSR count). The molecule has 1 saturated carbocycles. The van der Waals surface area contributed by atoms with Gasteiger partial charge in [0.15, 0.2) is 5.13 Å². The molecule has 1 saturated heterocycles. The van der Waals surface area contributed by atoms with Gasteiger partial charge in [-0.2, -0.15) is 9.40 Å². The van der Waals surface area contributed by atoms with Gasteiger partial charge in [0.25, 0.3) is 0 Å².